The van der Waals surface area contributed by atoms with Crippen LogP contribution in [0.2, 0.25) is 0 Å². The molecular weight excluding hydrogens is 423 g/mol. The third-order valence-electron chi connectivity index (χ3n) is 4.35. The minimum atomic E-state index is -4.40. The Kier molecular flexibility index (Phi) is 7.32. The SMILES string of the molecule is COC[C@@H](C)NS(=O)(=O)c1ccc(NC(=O)c2cc(C)n(CC(F)(F)F)c2C)cc1. The first-order chi connectivity index (χ1) is 13.8. The van der Waals surface area contributed by atoms with Crippen molar-refractivity contribution in [2.75, 3.05) is 19.0 Å². The number of amides is 1. The Hall–Kier alpha value is -2.37. The second-order valence-electron chi connectivity index (χ2n) is 6.94. The molecular formula is C19H24F3N3O4S. The maximum absolute atomic E-state index is 12.7. The van der Waals surface area contributed by atoms with E-state index < -0.39 is 34.7 Å². The van der Waals surface area contributed by atoms with Crippen LogP contribution in [0.25, 0.3) is 0 Å². The highest BCUT2D eigenvalue weighted by atomic mass is 32.2. The fourth-order valence-electron chi connectivity index (χ4n) is 2.99. The van der Waals surface area contributed by atoms with Crippen molar-refractivity contribution in [1.82, 2.24) is 9.29 Å². The lowest BCUT2D eigenvalue weighted by atomic mass is 10.2. The summed E-state index contributed by atoms with van der Waals surface area (Å²) in [5.74, 6) is -0.584. The van der Waals surface area contributed by atoms with Gasteiger partial charge in [-0.05, 0) is 51.1 Å². The van der Waals surface area contributed by atoms with Crippen LogP contribution < -0.4 is 10.0 Å². The van der Waals surface area contributed by atoms with E-state index in [1.54, 1.807) is 6.92 Å². The van der Waals surface area contributed by atoms with Crippen LogP contribution in [0.5, 0.6) is 0 Å². The van der Waals surface area contributed by atoms with E-state index in [1.807, 2.05) is 0 Å². The molecule has 30 heavy (non-hydrogen) atoms. The molecule has 0 spiro atoms. The van der Waals surface area contributed by atoms with E-state index in [2.05, 4.69) is 10.0 Å². The first-order valence-corrected chi connectivity index (χ1v) is 10.5. The lowest BCUT2D eigenvalue weighted by molar-refractivity contribution is -0.141. The van der Waals surface area contributed by atoms with Crippen LogP contribution in [0.4, 0.5) is 18.9 Å². The largest absolute Gasteiger partial charge is 0.406 e. The monoisotopic (exact) mass is 447 g/mol. The van der Waals surface area contributed by atoms with Crippen molar-refractivity contribution in [3.63, 3.8) is 0 Å². The van der Waals surface area contributed by atoms with Crippen LogP contribution in [-0.2, 0) is 21.3 Å². The van der Waals surface area contributed by atoms with Gasteiger partial charge in [0.2, 0.25) is 10.0 Å². The molecule has 0 saturated carbocycles. The molecule has 7 nitrogen and oxygen atoms in total. The van der Waals surface area contributed by atoms with Gasteiger partial charge in [-0.15, -0.1) is 0 Å². The molecule has 2 rings (SSSR count). The summed E-state index contributed by atoms with van der Waals surface area (Å²) in [6.07, 6.45) is -4.40. The van der Waals surface area contributed by atoms with Gasteiger partial charge in [0, 0.05) is 30.2 Å². The molecule has 2 N–H and O–H groups in total. The number of carbonyl (C=O) groups is 1. The molecule has 1 aromatic carbocycles. The summed E-state index contributed by atoms with van der Waals surface area (Å²) in [5.41, 5.74) is 0.929. The number of methoxy groups -OCH3 is 1. The van der Waals surface area contributed by atoms with Gasteiger partial charge in [-0.3, -0.25) is 4.79 Å². The van der Waals surface area contributed by atoms with Gasteiger partial charge in [0.05, 0.1) is 17.1 Å². The van der Waals surface area contributed by atoms with Crippen LogP contribution in [0, 0.1) is 13.8 Å². The molecule has 0 saturated heterocycles. The number of hydrogen-bond donors (Lipinski definition) is 2. The fraction of sp³-hybridized carbons (Fsp3) is 0.421. The van der Waals surface area contributed by atoms with E-state index in [1.165, 1.54) is 51.3 Å². The lowest BCUT2D eigenvalue weighted by Crippen LogP contribution is -2.35. The Morgan fingerprint density at radius 1 is 1.20 bits per heavy atom. The van der Waals surface area contributed by atoms with Gasteiger partial charge in [0.15, 0.2) is 0 Å². The molecule has 0 aliphatic rings. The number of aromatic nitrogens is 1. The molecule has 1 aromatic heterocycles. The van der Waals surface area contributed by atoms with Crippen molar-refractivity contribution in [3.8, 4) is 0 Å². The summed E-state index contributed by atoms with van der Waals surface area (Å²) in [7, 11) is -2.30. The molecule has 0 bridgehead atoms. The molecule has 1 heterocycles. The predicted octanol–water partition coefficient (Wildman–Crippen LogP) is 3.23. The predicted molar refractivity (Wildman–Crippen MR) is 106 cm³/mol. The summed E-state index contributed by atoms with van der Waals surface area (Å²) in [6, 6.07) is 6.42. The average molecular weight is 447 g/mol. The van der Waals surface area contributed by atoms with Gasteiger partial charge in [0.1, 0.15) is 6.54 Å². The van der Waals surface area contributed by atoms with Crippen molar-refractivity contribution in [2.45, 2.75) is 44.4 Å². The first kappa shape index (κ1) is 23.9. The molecule has 2 aromatic rings. The van der Waals surface area contributed by atoms with Crippen molar-refractivity contribution >= 4 is 21.6 Å². The zero-order valence-corrected chi connectivity index (χ0v) is 17.8. The third-order valence-corrected chi connectivity index (χ3v) is 5.96. The second kappa shape index (κ2) is 9.19. The number of anilines is 1. The number of hydrogen-bond acceptors (Lipinski definition) is 4. The number of benzene rings is 1. The number of alkyl halides is 3. The number of ether oxygens (including phenoxy) is 1. The number of rotatable bonds is 8. The topological polar surface area (TPSA) is 89.4 Å². The molecule has 0 unspecified atom stereocenters. The second-order valence-corrected chi connectivity index (χ2v) is 8.66. The van der Waals surface area contributed by atoms with Crippen LogP contribution in [0.1, 0.15) is 28.7 Å². The van der Waals surface area contributed by atoms with Gasteiger partial charge in [-0.2, -0.15) is 13.2 Å². The highest BCUT2D eigenvalue weighted by molar-refractivity contribution is 7.89. The minimum absolute atomic E-state index is 0.00630. The van der Waals surface area contributed by atoms with Gasteiger partial charge >= 0.3 is 6.18 Å². The maximum atomic E-state index is 12.7. The van der Waals surface area contributed by atoms with E-state index in [4.69, 9.17) is 4.74 Å². The fourth-order valence-corrected chi connectivity index (χ4v) is 4.21. The normalized spacial score (nSPS) is 13.3. The maximum Gasteiger partial charge on any atom is 0.406 e. The Morgan fingerprint density at radius 3 is 2.33 bits per heavy atom. The summed E-state index contributed by atoms with van der Waals surface area (Å²) >= 11 is 0. The van der Waals surface area contributed by atoms with E-state index in [-0.39, 0.29) is 22.8 Å². The summed E-state index contributed by atoms with van der Waals surface area (Å²) < 4.78 is 71.2. The number of carbonyl (C=O) groups excluding carboxylic acids is 1. The number of sulfonamides is 1. The van der Waals surface area contributed by atoms with Crippen molar-refractivity contribution in [2.24, 2.45) is 0 Å². The summed E-state index contributed by atoms with van der Waals surface area (Å²) in [4.78, 5) is 12.5. The molecule has 11 heteroatoms. The third kappa shape index (κ3) is 6.07. The van der Waals surface area contributed by atoms with E-state index in [0.29, 0.717) is 11.4 Å². The number of nitrogens with one attached hydrogen (secondary N) is 2. The smallest absolute Gasteiger partial charge is 0.383 e. The highest BCUT2D eigenvalue weighted by Crippen LogP contribution is 2.24. The van der Waals surface area contributed by atoms with Crippen molar-refractivity contribution in [1.29, 1.82) is 0 Å². The van der Waals surface area contributed by atoms with Crippen LogP contribution in [-0.4, -0.2) is 44.8 Å². The van der Waals surface area contributed by atoms with Crippen LogP contribution in [0.3, 0.4) is 0 Å². The molecule has 0 aliphatic heterocycles. The highest BCUT2D eigenvalue weighted by Gasteiger charge is 2.30. The summed E-state index contributed by atoms with van der Waals surface area (Å²) in [6.45, 7) is 3.62. The molecule has 1 atom stereocenters. The Morgan fingerprint density at radius 2 is 1.80 bits per heavy atom. The molecule has 0 fully saturated rings. The zero-order valence-electron chi connectivity index (χ0n) is 17.0. The number of halogens is 3. The first-order valence-electron chi connectivity index (χ1n) is 9.00. The van der Waals surface area contributed by atoms with E-state index in [9.17, 15) is 26.4 Å². The zero-order chi connectivity index (χ0) is 22.7. The molecule has 166 valence electrons. The van der Waals surface area contributed by atoms with Gasteiger partial charge in [0.25, 0.3) is 5.91 Å². The molecule has 0 aliphatic carbocycles. The Balaban J connectivity index is 2.15. The van der Waals surface area contributed by atoms with Crippen LogP contribution >= 0.6 is 0 Å². The Bertz CT molecular complexity index is 999. The van der Waals surface area contributed by atoms with Crippen molar-refractivity contribution < 1.29 is 31.1 Å². The molecule has 1 amide bonds. The number of nitrogens with zero attached hydrogens (tertiary/aromatic N) is 1. The lowest BCUT2D eigenvalue weighted by Gasteiger charge is -2.14. The van der Waals surface area contributed by atoms with Gasteiger partial charge in [-0.1, -0.05) is 0 Å². The van der Waals surface area contributed by atoms with Crippen LogP contribution in [0.15, 0.2) is 35.2 Å². The Labute approximate surface area is 173 Å². The van der Waals surface area contributed by atoms with E-state index in [0.717, 1.165) is 4.57 Å². The summed E-state index contributed by atoms with van der Waals surface area (Å²) in [5, 5.41) is 2.57. The molecule has 0 radical (unpaired) electrons. The van der Waals surface area contributed by atoms with Gasteiger partial charge < -0.3 is 14.6 Å². The average Bonchev–Trinajstić information content (AvgIpc) is 2.89. The van der Waals surface area contributed by atoms with E-state index >= 15 is 0 Å². The van der Waals surface area contributed by atoms with Crippen molar-refractivity contribution in [3.05, 3.63) is 47.3 Å². The standard InChI is InChI=1S/C19H24F3N3O4S/c1-12(10-29-4)24-30(27,28)16-7-5-15(6-8-16)23-18(26)17-9-13(2)25(14(17)3)11-19(20,21)22/h5-9,12,24H,10-11H2,1-4H3,(H,23,26)/t12-/m1/s1. The van der Waals surface area contributed by atoms with Gasteiger partial charge in [-0.25, -0.2) is 13.1 Å². The quantitative estimate of drug-likeness (QED) is 0.650. The minimum Gasteiger partial charge on any atom is -0.383 e. The number of aryl methyl sites for hydroxylation is 1.